The highest BCUT2D eigenvalue weighted by atomic mass is 35.5. The molecule has 0 saturated carbocycles. The predicted octanol–water partition coefficient (Wildman–Crippen LogP) is 3.41. The third-order valence-electron chi connectivity index (χ3n) is 2.78. The van der Waals surface area contributed by atoms with Gasteiger partial charge < -0.3 is 4.74 Å². The van der Waals surface area contributed by atoms with Crippen LogP contribution in [0.25, 0.3) is 0 Å². The monoisotopic (exact) mass is 268 g/mol. The Morgan fingerprint density at radius 3 is 2.67 bits per heavy atom. The molecule has 2 aromatic rings. The Balaban J connectivity index is 2.14. The molecule has 1 aromatic heterocycles. The number of aromatic nitrogens is 2. The van der Waals surface area contributed by atoms with Gasteiger partial charge in [-0.3, -0.25) is 4.68 Å². The molecule has 0 fully saturated rings. The summed E-state index contributed by atoms with van der Waals surface area (Å²) in [6, 6.07) is 4.78. The summed E-state index contributed by atoms with van der Waals surface area (Å²) in [6.07, 6.45) is 0. The van der Waals surface area contributed by atoms with Crippen LogP contribution in [-0.2, 0) is 13.7 Å². The van der Waals surface area contributed by atoms with Crippen LogP contribution in [0.1, 0.15) is 17.0 Å². The van der Waals surface area contributed by atoms with Crippen LogP contribution < -0.4 is 4.74 Å². The fraction of sp³-hybridized carbons (Fsp3) is 0.308. The fourth-order valence-corrected chi connectivity index (χ4v) is 1.87. The quantitative estimate of drug-likeness (QED) is 0.853. The van der Waals surface area contributed by atoms with E-state index < -0.39 is 0 Å². The number of hydrogen-bond acceptors (Lipinski definition) is 2. The SMILES string of the molecule is Cc1ccc(OCc2c(Cl)c(C)nn2C)cc1F. The smallest absolute Gasteiger partial charge is 0.131 e. The van der Waals surface area contributed by atoms with E-state index in [4.69, 9.17) is 16.3 Å². The van der Waals surface area contributed by atoms with Crippen molar-refractivity contribution in [3.63, 3.8) is 0 Å². The van der Waals surface area contributed by atoms with Gasteiger partial charge in [0.25, 0.3) is 0 Å². The molecule has 5 heteroatoms. The van der Waals surface area contributed by atoms with E-state index in [9.17, 15) is 4.39 Å². The highest BCUT2D eigenvalue weighted by Crippen LogP contribution is 2.22. The molecule has 0 bridgehead atoms. The number of halogens is 2. The summed E-state index contributed by atoms with van der Waals surface area (Å²) in [6.45, 7) is 3.80. The number of rotatable bonds is 3. The second-order valence-corrected chi connectivity index (χ2v) is 4.55. The topological polar surface area (TPSA) is 27.1 Å². The van der Waals surface area contributed by atoms with Crippen molar-refractivity contribution < 1.29 is 9.13 Å². The molecule has 96 valence electrons. The second-order valence-electron chi connectivity index (χ2n) is 4.17. The Bertz CT molecular complexity index is 581. The molecule has 0 aliphatic rings. The molecule has 2 rings (SSSR count). The van der Waals surface area contributed by atoms with Crippen molar-refractivity contribution in [2.75, 3.05) is 0 Å². The maximum absolute atomic E-state index is 13.3. The van der Waals surface area contributed by atoms with Gasteiger partial charge in [0.2, 0.25) is 0 Å². The third-order valence-corrected chi connectivity index (χ3v) is 3.27. The molecule has 0 amide bonds. The molecule has 3 nitrogen and oxygen atoms in total. The first kappa shape index (κ1) is 12.9. The van der Waals surface area contributed by atoms with E-state index in [2.05, 4.69) is 5.10 Å². The Labute approximate surface area is 110 Å². The number of benzene rings is 1. The minimum Gasteiger partial charge on any atom is -0.487 e. The van der Waals surface area contributed by atoms with Gasteiger partial charge in [0, 0.05) is 13.1 Å². The highest BCUT2D eigenvalue weighted by Gasteiger charge is 2.11. The molecule has 0 atom stereocenters. The molecule has 1 heterocycles. The molecule has 18 heavy (non-hydrogen) atoms. The Morgan fingerprint density at radius 1 is 1.39 bits per heavy atom. The van der Waals surface area contributed by atoms with Gasteiger partial charge in [0.1, 0.15) is 18.2 Å². The lowest BCUT2D eigenvalue weighted by atomic mass is 10.2. The molecular weight excluding hydrogens is 255 g/mol. The van der Waals surface area contributed by atoms with Gasteiger partial charge >= 0.3 is 0 Å². The van der Waals surface area contributed by atoms with Crippen molar-refractivity contribution in [2.24, 2.45) is 7.05 Å². The van der Waals surface area contributed by atoms with Crippen molar-refractivity contribution in [2.45, 2.75) is 20.5 Å². The summed E-state index contributed by atoms with van der Waals surface area (Å²) in [5.41, 5.74) is 2.12. The average molecular weight is 269 g/mol. The van der Waals surface area contributed by atoms with Gasteiger partial charge in [-0.1, -0.05) is 17.7 Å². The summed E-state index contributed by atoms with van der Waals surface area (Å²) in [5, 5.41) is 4.77. The Morgan fingerprint density at radius 2 is 2.11 bits per heavy atom. The number of aryl methyl sites for hydroxylation is 3. The Kier molecular flexibility index (Phi) is 3.57. The first-order valence-electron chi connectivity index (χ1n) is 5.56. The van der Waals surface area contributed by atoms with Crippen LogP contribution in [0.3, 0.4) is 0 Å². The van der Waals surface area contributed by atoms with Gasteiger partial charge in [0.05, 0.1) is 16.4 Å². The van der Waals surface area contributed by atoms with Crippen LogP contribution in [0.2, 0.25) is 5.02 Å². The first-order valence-corrected chi connectivity index (χ1v) is 5.93. The molecule has 0 unspecified atom stereocenters. The van der Waals surface area contributed by atoms with Crippen LogP contribution in [0.5, 0.6) is 5.75 Å². The average Bonchev–Trinajstić information content (AvgIpc) is 2.56. The zero-order chi connectivity index (χ0) is 13.3. The third kappa shape index (κ3) is 2.48. The molecule has 0 aliphatic heterocycles. The summed E-state index contributed by atoms with van der Waals surface area (Å²) in [5.74, 6) is 0.202. The van der Waals surface area contributed by atoms with Crippen molar-refractivity contribution in [1.82, 2.24) is 9.78 Å². The van der Waals surface area contributed by atoms with E-state index in [0.717, 1.165) is 11.4 Å². The highest BCUT2D eigenvalue weighted by molar-refractivity contribution is 6.31. The van der Waals surface area contributed by atoms with Crippen LogP contribution in [0, 0.1) is 19.7 Å². The van der Waals surface area contributed by atoms with E-state index in [1.165, 1.54) is 6.07 Å². The number of hydrogen-bond donors (Lipinski definition) is 0. The lowest BCUT2D eigenvalue weighted by molar-refractivity contribution is 0.293. The van der Waals surface area contributed by atoms with Crippen LogP contribution in [0.4, 0.5) is 4.39 Å². The molecule has 0 aliphatic carbocycles. The van der Waals surface area contributed by atoms with Crippen LogP contribution >= 0.6 is 11.6 Å². The van der Waals surface area contributed by atoms with Crippen LogP contribution in [0.15, 0.2) is 18.2 Å². The fourth-order valence-electron chi connectivity index (χ4n) is 1.65. The Hall–Kier alpha value is -1.55. The minimum atomic E-state index is -0.278. The summed E-state index contributed by atoms with van der Waals surface area (Å²) < 4.78 is 20.5. The van der Waals surface area contributed by atoms with Gasteiger partial charge in [-0.15, -0.1) is 0 Å². The first-order chi connectivity index (χ1) is 8.49. The molecule has 0 radical (unpaired) electrons. The summed E-state index contributed by atoms with van der Waals surface area (Å²) in [4.78, 5) is 0. The van der Waals surface area contributed by atoms with Crippen molar-refractivity contribution in [3.05, 3.63) is 46.0 Å². The van der Waals surface area contributed by atoms with Crippen molar-refractivity contribution >= 4 is 11.6 Å². The maximum atomic E-state index is 13.3. The van der Waals surface area contributed by atoms with E-state index >= 15 is 0 Å². The predicted molar refractivity (Wildman–Crippen MR) is 68.4 cm³/mol. The zero-order valence-corrected chi connectivity index (χ0v) is 11.3. The zero-order valence-electron chi connectivity index (χ0n) is 10.5. The normalized spacial score (nSPS) is 10.7. The van der Waals surface area contributed by atoms with Gasteiger partial charge in [-0.2, -0.15) is 5.10 Å². The number of ether oxygens (including phenoxy) is 1. The molecular formula is C13H14ClFN2O. The molecule has 0 N–H and O–H groups in total. The van der Waals surface area contributed by atoms with Gasteiger partial charge in [0.15, 0.2) is 0 Å². The lowest BCUT2D eigenvalue weighted by Crippen LogP contribution is -2.03. The largest absolute Gasteiger partial charge is 0.487 e. The van der Waals surface area contributed by atoms with Crippen LogP contribution in [-0.4, -0.2) is 9.78 Å². The van der Waals surface area contributed by atoms with E-state index in [1.807, 2.05) is 6.92 Å². The minimum absolute atomic E-state index is 0.263. The van der Waals surface area contributed by atoms with Gasteiger partial charge in [-0.05, 0) is 25.5 Å². The van der Waals surface area contributed by atoms with Crippen molar-refractivity contribution in [1.29, 1.82) is 0 Å². The molecule has 1 aromatic carbocycles. The van der Waals surface area contributed by atoms with E-state index in [0.29, 0.717) is 16.3 Å². The van der Waals surface area contributed by atoms with E-state index in [1.54, 1.807) is 30.8 Å². The number of nitrogens with zero attached hydrogens (tertiary/aromatic N) is 2. The summed E-state index contributed by atoms with van der Waals surface area (Å²) in [7, 11) is 1.80. The van der Waals surface area contributed by atoms with Crippen molar-refractivity contribution in [3.8, 4) is 5.75 Å². The molecule has 0 spiro atoms. The van der Waals surface area contributed by atoms with Gasteiger partial charge in [-0.25, -0.2) is 4.39 Å². The molecule has 0 saturated heterocycles. The maximum Gasteiger partial charge on any atom is 0.131 e. The second kappa shape index (κ2) is 4.98. The lowest BCUT2D eigenvalue weighted by Gasteiger charge is -2.07. The summed E-state index contributed by atoms with van der Waals surface area (Å²) >= 11 is 6.10. The van der Waals surface area contributed by atoms with E-state index in [-0.39, 0.29) is 12.4 Å². The standard InChI is InChI=1S/C13H14ClFN2O/c1-8-4-5-10(6-11(8)15)18-7-12-13(14)9(2)16-17(12)3/h4-6H,7H2,1-3H3.